The molecule has 0 aliphatic heterocycles. The summed E-state index contributed by atoms with van der Waals surface area (Å²) >= 11 is 9.38. The fraction of sp³-hybridized carbons (Fsp3) is 0.0769. The minimum absolute atomic E-state index is 0.278. The van der Waals surface area contributed by atoms with E-state index in [9.17, 15) is 4.79 Å². The molecule has 1 heterocycles. The van der Waals surface area contributed by atoms with Crippen LogP contribution in [0.15, 0.2) is 41.1 Å². The maximum atomic E-state index is 12.0. The van der Waals surface area contributed by atoms with Crippen molar-refractivity contribution in [3.8, 4) is 0 Å². The minimum atomic E-state index is -0.278. The number of pyridine rings is 1. The fourth-order valence-electron chi connectivity index (χ4n) is 1.48. The van der Waals surface area contributed by atoms with Crippen LogP contribution in [0.2, 0.25) is 5.02 Å². The summed E-state index contributed by atoms with van der Waals surface area (Å²) in [6, 6.07) is 7.23. The topological polar surface area (TPSA) is 42.0 Å². The normalized spacial score (nSPS) is 10.2. The molecule has 0 saturated carbocycles. The molecule has 18 heavy (non-hydrogen) atoms. The first kappa shape index (κ1) is 13.1. The van der Waals surface area contributed by atoms with Gasteiger partial charge in [0.25, 0.3) is 5.91 Å². The molecule has 0 unspecified atom stereocenters. The first-order chi connectivity index (χ1) is 8.59. The monoisotopic (exact) mass is 324 g/mol. The number of carbonyl (C=O) groups excluding carboxylic acids is 1. The second-order valence-electron chi connectivity index (χ2n) is 3.75. The zero-order valence-electron chi connectivity index (χ0n) is 9.58. The summed E-state index contributed by atoms with van der Waals surface area (Å²) in [7, 11) is 0. The van der Waals surface area contributed by atoms with Gasteiger partial charge in [0, 0.05) is 16.9 Å². The first-order valence-electron chi connectivity index (χ1n) is 5.25. The molecular weight excluding hydrogens is 316 g/mol. The van der Waals surface area contributed by atoms with Crippen LogP contribution < -0.4 is 5.32 Å². The Morgan fingerprint density at radius 1 is 1.39 bits per heavy atom. The molecule has 0 aliphatic rings. The van der Waals surface area contributed by atoms with Gasteiger partial charge in [0.15, 0.2) is 0 Å². The average Bonchev–Trinajstić information content (AvgIpc) is 2.35. The summed E-state index contributed by atoms with van der Waals surface area (Å²) in [4.78, 5) is 15.9. The van der Waals surface area contributed by atoms with Crippen molar-refractivity contribution in [2.75, 3.05) is 5.32 Å². The van der Waals surface area contributed by atoms with E-state index in [4.69, 9.17) is 11.6 Å². The number of anilines is 1. The van der Waals surface area contributed by atoms with Crippen molar-refractivity contribution >= 4 is 39.1 Å². The van der Waals surface area contributed by atoms with Crippen molar-refractivity contribution in [2.45, 2.75) is 6.92 Å². The highest BCUT2D eigenvalue weighted by Crippen LogP contribution is 2.26. The zero-order valence-corrected chi connectivity index (χ0v) is 11.9. The van der Waals surface area contributed by atoms with Gasteiger partial charge in [0.1, 0.15) is 0 Å². The van der Waals surface area contributed by atoms with E-state index >= 15 is 0 Å². The Kier molecular flexibility index (Phi) is 3.99. The quantitative estimate of drug-likeness (QED) is 0.905. The van der Waals surface area contributed by atoms with Gasteiger partial charge < -0.3 is 5.32 Å². The predicted molar refractivity (Wildman–Crippen MR) is 76.1 cm³/mol. The molecule has 0 saturated heterocycles. The van der Waals surface area contributed by atoms with Crippen LogP contribution in [0.4, 0.5) is 5.69 Å². The van der Waals surface area contributed by atoms with Crippen LogP contribution >= 0.6 is 27.5 Å². The molecule has 1 N–H and O–H groups in total. The van der Waals surface area contributed by atoms with E-state index in [-0.39, 0.29) is 5.91 Å². The van der Waals surface area contributed by atoms with Gasteiger partial charge >= 0.3 is 0 Å². The van der Waals surface area contributed by atoms with E-state index in [1.807, 2.05) is 25.1 Å². The van der Waals surface area contributed by atoms with Gasteiger partial charge in [0.05, 0.1) is 16.3 Å². The van der Waals surface area contributed by atoms with Gasteiger partial charge in [-0.1, -0.05) is 23.7 Å². The van der Waals surface area contributed by atoms with Crippen LogP contribution in [0, 0.1) is 6.92 Å². The number of rotatable bonds is 2. The Balaban J connectivity index is 2.27. The van der Waals surface area contributed by atoms with Gasteiger partial charge in [-0.05, 0) is 40.5 Å². The number of halogens is 2. The Morgan fingerprint density at radius 2 is 2.17 bits per heavy atom. The van der Waals surface area contributed by atoms with Crippen LogP contribution in [0.3, 0.4) is 0 Å². The average molecular weight is 326 g/mol. The fourth-order valence-corrected chi connectivity index (χ4v) is 2.03. The molecule has 5 heteroatoms. The molecular formula is C13H10BrClN2O. The second kappa shape index (κ2) is 5.50. The summed E-state index contributed by atoms with van der Waals surface area (Å²) < 4.78 is 0.860. The third-order valence-electron chi connectivity index (χ3n) is 2.45. The maximum absolute atomic E-state index is 12.0. The Morgan fingerprint density at radius 3 is 2.89 bits per heavy atom. The lowest BCUT2D eigenvalue weighted by Crippen LogP contribution is -2.13. The molecule has 0 radical (unpaired) electrons. The number of nitrogens with zero attached hydrogens (tertiary/aromatic N) is 1. The summed E-state index contributed by atoms with van der Waals surface area (Å²) in [5, 5.41) is 3.18. The SMILES string of the molecule is Cc1cccc(NC(=O)c2cnccc2Cl)c1Br. The van der Waals surface area contributed by atoms with Crippen molar-refractivity contribution in [1.29, 1.82) is 0 Å². The number of hydrogen-bond acceptors (Lipinski definition) is 2. The minimum Gasteiger partial charge on any atom is -0.321 e. The smallest absolute Gasteiger partial charge is 0.258 e. The van der Waals surface area contributed by atoms with E-state index in [1.54, 1.807) is 12.3 Å². The van der Waals surface area contributed by atoms with E-state index in [0.717, 1.165) is 10.0 Å². The van der Waals surface area contributed by atoms with Crippen LogP contribution in [-0.2, 0) is 0 Å². The highest BCUT2D eigenvalue weighted by atomic mass is 79.9. The predicted octanol–water partition coefficient (Wildman–Crippen LogP) is 4.06. The largest absolute Gasteiger partial charge is 0.321 e. The lowest BCUT2D eigenvalue weighted by molar-refractivity contribution is 0.102. The number of carbonyl (C=O) groups is 1. The lowest BCUT2D eigenvalue weighted by atomic mass is 10.2. The zero-order chi connectivity index (χ0) is 13.1. The van der Waals surface area contributed by atoms with Gasteiger partial charge in [-0.15, -0.1) is 0 Å². The molecule has 0 bridgehead atoms. The summed E-state index contributed by atoms with van der Waals surface area (Å²) in [6.07, 6.45) is 2.99. The molecule has 0 fully saturated rings. The van der Waals surface area contributed by atoms with Crippen molar-refractivity contribution in [3.05, 3.63) is 57.3 Å². The van der Waals surface area contributed by atoms with E-state index < -0.39 is 0 Å². The standard InChI is InChI=1S/C13H10BrClN2O/c1-8-3-2-4-11(12(8)14)17-13(18)9-7-16-6-5-10(9)15/h2-7H,1H3,(H,17,18). The molecule has 0 aliphatic carbocycles. The Labute approximate surface area is 118 Å². The van der Waals surface area contributed by atoms with Gasteiger partial charge in [-0.3, -0.25) is 9.78 Å². The van der Waals surface area contributed by atoms with Gasteiger partial charge in [-0.2, -0.15) is 0 Å². The summed E-state index contributed by atoms with van der Waals surface area (Å²) in [6.45, 7) is 1.96. The molecule has 2 aromatic rings. The van der Waals surface area contributed by atoms with Crippen LogP contribution in [0.25, 0.3) is 0 Å². The third kappa shape index (κ3) is 2.71. The van der Waals surface area contributed by atoms with E-state index in [2.05, 4.69) is 26.2 Å². The van der Waals surface area contributed by atoms with Crippen molar-refractivity contribution in [3.63, 3.8) is 0 Å². The van der Waals surface area contributed by atoms with Crippen molar-refractivity contribution in [2.24, 2.45) is 0 Å². The Bertz CT molecular complexity index is 601. The van der Waals surface area contributed by atoms with Crippen molar-refractivity contribution in [1.82, 2.24) is 4.98 Å². The lowest BCUT2D eigenvalue weighted by Gasteiger charge is -2.09. The van der Waals surface area contributed by atoms with Crippen molar-refractivity contribution < 1.29 is 4.79 Å². The second-order valence-corrected chi connectivity index (χ2v) is 4.95. The molecule has 0 atom stereocenters. The number of hydrogen-bond donors (Lipinski definition) is 1. The van der Waals surface area contributed by atoms with Crippen LogP contribution in [0.5, 0.6) is 0 Å². The van der Waals surface area contributed by atoms with Crippen LogP contribution in [0.1, 0.15) is 15.9 Å². The molecule has 0 spiro atoms. The number of nitrogens with one attached hydrogen (secondary N) is 1. The molecule has 92 valence electrons. The number of aromatic nitrogens is 1. The highest BCUT2D eigenvalue weighted by Gasteiger charge is 2.12. The first-order valence-corrected chi connectivity index (χ1v) is 6.42. The number of amides is 1. The molecule has 2 rings (SSSR count). The number of benzene rings is 1. The maximum Gasteiger partial charge on any atom is 0.258 e. The number of aryl methyl sites for hydroxylation is 1. The van der Waals surface area contributed by atoms with Crippen LogP contribution in [-0.4, -0.2) is 10.9 Å². The third-order valence-corrected chi connectivity index (χ3v) is 3.83. The van der Waals surface area contributed by atoms with Gasteiger partial charge in [-0.25, -0.2) is 0 Å². The van der Waals surface area contributed by atoms with Gasteiger partial charge in [0.2, 0.25) is 0 Å². The Hall–Kier alpha value is -1.39. The molecule has 1 aromatic heterocycles. The van der Waals surface area contributed by atoms with E-state index in [0.29, 0.717) is 16.3 Å². The summed E-state index contributed by atoms with van der Waals surface area (Å²) in [5.74, 6) is -0.278. The highest BCUT2D eigenvalue weighted by molar-refractivity contribution is 9.10. The molecule has 3 nitrogen and oxygen atoms in total. The van der Waals surface area contributed by atoms with E-state index in [1.165, 1.54) is 6.20 Å². The molecule has 1 aromatic carbocycles. The molecule has 1 amide bonds. The summed E-state index contributed by atoms with van der Waals surface area (Å²) in [5.41, 5.74) is 2.11.